The highest BCUT2D eigenvalue weighted by Crippen LogP contribution is 2.12. The maximum absolute atomic E-state index is 12.0. The van der Waals surface area contributed by atoms with Gasteiger partial charge in [-0.15, -0.1) is 0 Å². The maximum Gasteiger partial charge on any atom is 0.405 e. The summed E-state index contributed by atoms with van der Waals surface area (Å²) in [5, 5.41) is 1.85. The summed E-state index contributed by atoms with van der Waals surface area (Å²) in [5.41, 5.74) is 0.639. The molecule has 0 spiro atoms. The van der Waals surface area contributed by atoms with Crippen molar-refractivity contribution in [1.82, 2.24) is 20.2 Å². The highest BCUT2D eigenvalue weighted by Gasteiger charge is 2.29. The third kappa shape index (κ3) is 5.64. The summed E-state index contributed by atoms with van der Waals surface area (Å²) in [7, 11) is 1.63. The molecule has 1 atom stereocenters. The minimum Gasteiger partial charge on any atom is -0.346 e. The normalized spacial score (nSPS) is 13.4. The topological polar surface area (TPSA) is 58.1 Å². The second-order valence-electron chi connectivity index (χ2n) is 4.12. The summed E-state index contributed by atoms with van der Waals surface area (Å²) in [6.45, 7) is 0.533. The molecule has 1 aromatic rings. The number of carbonyl (C=O) groups is 1. The van der Waals surface area contributed by atoms with Gasteiger partial charge in [-0.25, -0.2) is 0 Å². The number of alkyl halides is 3. The standard InChI is InChI=1S/C11H15F3N4O/c1-8(10(19)17-7-11(12,13)14)18(2)6-9-5-15-3-4-16-9/h3-5,8H,6-7H2,1-2H3,(H,17,19)/t8-/m0/s1. The van der Waals surface area contributed by atoms with Crippen molar-refractivity contribution in [1.29, 1.82) is 0 Å². The van der Waals surface area contributed by atoms with Crippen molar-refractivity contribution >= 4 is 5.91 Å². The molecule has 0 aliphatic rings. The average molecular weight is 276 g/mol. The molecular weight excluding hydrogens is 261 g/mol. The molecule has 0 saturated carbocycles. The lowest BCUT2D eigenvalue weighted by Crippen LogP contribution is -2.45. The van der Waals surface area contributed by atoms with E-state index >= 15 is 0 Å². The van der Waals surface area contributed by atoms with Gasteiger partial charge < -0.3 is 5.32 Å². The molecule has 106 valence electrons. The first kappa shape index (κ1) is 15.4. The van der Waals surface area contributed by atoms with E-state index in [1.807, 2.05) is 5.32 Å². The number of likely N-dealkylation sites (N-methyl/N-ethyl adjacent to an activating group) is 1. The zero-order valence-electron chi connectivity index (χ0n) is 10.6. The van der Waals surface area contributed by atoms with Gasteiger partial charge in [-0.3, -0.25) is 19.7 Å². The van der Waals surface area contributed by atoms with Crippen LogP contribution in [0.15, 0.2) is 18.6 Å². The van der Waals surface area contributed by atoms with Gasteiger partial charge in [0.1, 0.15) is 6.54 Å². The van der Waals surface area contributed by atoms with Crippen LogP contribution in [-0.4, -0.2) is 46.6 Å². The van der Waals surface area contributed by atoms with Crippen LogP contribution >= 0.6 is 0 Å². The van der Waals surface area contributed by atoms with E-state index in [9.17, 15) is 18.0 Å². The van der Waals surface area contributed by atoms with E-state index in [1.165, 1.54) is 25.5 Å². The Kier molecular flexibility index (Phi) is 5.22. The van der Waals surface area contributed by atoms with Crippen LogP contribution in [-0.2, 0) is 11.3 Å². The van der Waals surface area contributed by atoms with Crippen LogP contribution in [0, 0.1) is 0 Å². The van der Waals surface area contributed by atoms with Gasteiger partial charge >= 0.3 is 6.18 Å². The number of nitrogens with one attached hydrogen (secondary N) is 1. The Bertz CT molecular complexity index is 410. The number of hydrogen-bond acceptors (Lipinski definition) is 4. The summed E-state index contributed by atoms with van der Waals surface area (Å²) < 4.78 is 35.9. The lowest BCUT2D eigenvalue weighted by Gasteiger charge is -2.23. The van der Waals surface area contributed by atoms with Gasteiger partial charge in [0.2, 0.25) is 5.91 Å². The number of rotatable bonds is 5. The third-order valence-electron chi connectivity index (χ3n) is 2.53. The van der Waals surface area contributed by atoms with Crippen molar-refractivity contribution in [2.45, 2.75) is 25.7 Å². The molecule has 0 saturated heterocycles. The molecule has 8 heteroatoms. The molecule has 0 unspecified atom stereocenters. The van der Waals surface area contributed by atoms with Crippen LogP contribution in [0.25, 0.3) is 0 Å². The highest BCUT2D eigenvalue weighted by molar-refractivity contribution is 5.81. The summed E-state index contributed by atoms with van der Waals surface area (Å²) in [6.07, 6.45) is 0.163. The van der Waals surface area contributed by atoms with E-state index in [0.29, 0.717) is 12.2 Å². The molecule has 0 bridgehead atoms. The molecule has 0 aliphatic carbocycles. The maximum atomic E-state index is 12.0. The Morgan fingerprint density at radius 3 is 2.68 bits per heavy atom. The predicted molar refractivity (Wildman–Crippen MR) is 62.0 cm³/mol. The largest absolute Gasteiger partial charge is 0.405 e. The number of nitrogens with zero attached hydrogens (tertiary/aromatic N) is 3. The lowest BCUT2D eigenvalue weighted by atomic mass is 10.2. The lowest BCUT2D eigenvalue weighted by molar-refractivity contribution is -0.141. The van der Waals surface area contributed by atoms with Crippen molar-refractivity contribution in [3.63, 3.8) is 0 Å². The first-order valence-electron chi connectivity index (χ1n) is 5.59. The van der Waals surface area contributed by atoms with Crippen molar-refractivity contribution in [3.8, 4) is 0 Å². The van der Waals surface area contributed by atoms with Crippen LogP contribution in [0.2, 0.25) is 0 Å². The summed E-state index contributed by atoms with van der Waals surface area (Å²) in [6, 6.07) is -0.690. The van der Waals surface area contributed by atoms with Crippen molar-refractivity contribution in [3.05, 3.63) is 24.3 Å². The number of carbonyl (C=O) groups excluding carboxylic acids is 1. The van der Waals surface area contributed by atoms with Crippen molar-refractivity contribution < 1.29 is 18.0 Å². The van der Waals surface area contributed by atoms with Gasteiger partial charge in [0.15, 0.2) is 0 Å². The second-order valence-corrected chi connectivity index (χ2v) is 4.12. The summed E-state index contributed by atoms with van der Waals surface area (Å²) in [4.78, 5) is 21.0. The van der Waals surface area contributed by atoms with E-state index in [1.54, 1.807) is 11.9 Å². The summed E-state index contributed by atoms with van der Waals surface area (Å²) >= 11 is 0. The van der Waals surface area contributed by atoms with Gasteiger partial charge in [-0.05, 0) is 14.0 Å². The highest BCUT2D eigenvalue weighted by atomic mass is 19.4. The average Bonchev–Trinajstić information content (AvgIpc) is 2.35. The van der Waals surface area contributed by atoms with Crippen LogP contribution in [0.4, 0.5) is 13.2 Å². The molecule has 1 aromatic heterocycles. The van der Waals surface area contributed by atoms with Crippen molar-refractivity contribution in [2.75, 3.05) is 13.6 Å². The number of hydrogen-bond donors (Lipinski definition) is 1. The van der Waals surface area contributed by atoms with Crippen LogP contribution in [0.3, 0.4) is 0 Å². The van der Waals surface area contributed by atoms with E-state index in [0.717, 1.165) is 0 Å². The fourth-order valence-electron chi connectivity index (χ4n) is 1.34. The van der Waals surface area contributed by atoms with Crippen molar-refractivity contribution in [2.24, 2.45) is 0 Å². The quantitative estimate of drug-likeness (QED) is 0.871. The van der Waals surface area contributed by atoms with Crippen LogP contribution in [0.1, 0.15) is 12.6 Å². The molecule has 1 N–H and O–H groups in total. The number of amides is 1. The van der Waals surface area contributed by atoms with E-state index < -0.39 is 24.7 Å². The fourth-order valence-corrected chi connectivity index (χ4v) is 1.34. The third-order valence-corrected chi connectivity index (χ3v) is 2.53. The Labute approximate surface area is 108 Å². The van der Waals surface area contributed by atoms with Gasteiger partial charge in [0.25, 0.3) is 0 Å². The molecule has 0 fully saturated rings. The number of halogens is 3. The molecule has 1 heterocycles. The molecule has 1 rings (SSSR count). The molecule has 0 aromatic carbocycles. The summed E-state index contributed by atoms with van der Waals surface area (Å²) in [5.74, 6) is -0.677. The first-order chi connectivity index (χ1) is 8.79. The van der Waals surface area contributed by atoms with Crippen LogP contribution < -0.4 is 5.32 Å². The second kappa shape index (κ2) is 6.46. The monoisotopic (exact) mass is 276 g/mol. The molecule has 5 nitrogen and oxygen atoms in total. The number of aromatic nitrogens is 2. The molecule has 0 radical (unpaired) electrons. The predicted octanol–water partition coefficient (Wildman–Crippen LogP) is 0.975. The van der Waals surface area contributed by atoms with E-state index in [-0.39, 0.29) is 0 Å². The van der Waals surface area contributed by atoms with Crippen LogP contribution in [0.5, 0.6) is 0 Å². The van der Waals surface area contributed by atoms with Gasteiger partial charge in [-0.1, -0.05) is 0 Å². The first-order valence-corrected chi connectivity index (χ1v) is 5.59. The Morgan fingerprint density at radius 1 is 1.47 bits per heavy atom. The zero-order valence-corrected chi connectivity index (χ0v) is 10.6. The molecule has 1 amide bonds. The minimum absolute atomic E-state index is 0.328. The molecular formula is C11H15F3N4O. The van der Waals surface area contributed by atoms with E-state index in [4.69, 9.17) is 0 Å². The minimum atomic E-state index is -4.40. The Hall–Kier alpha value is -1.70. The smallest absolute Gasteiger partial charge is 0.346 e. The Morgan fingerprint density at radius 2 is 2.16 bits per heavy atom. The Balaban J connectivity index is 2.48. The fraction of sp³-hybridized carbons (Fsp3) is 0.545. The SMILES string of the molecule is C[C@@H](C(=O)NCC(F)(F)F)N(C)Cc1cnccn1. The van der Waals surface area contributed by atoms with E-state index in [2.05, 4.69) is 9.97 Å². The molecule has 0 aliphatic heterocycles. The molecule has 19 heavy (non-hydrogen) atoms. The van der Waals surface area contributed by atoms with Gasteiger partial charge in [-0.2, -0.15) is 13.2 Å². The van der Waals surface area contributed by atoms with Gasteiger partial charge in [0.05, 0.1) is 11.7 Å². The van der Waals surface area contributed by atoms with Gasteiger partial charge in [0, 0.05) is 25.1 Å². The zero-order chi connectivity index (χ0) is 14.5.